The lowest BCUT2D eigenvalue weighted by Crippen LogP contribution is -2.40. The van der Waals surface area contributed by atoms with Gasteiger partial charge in [-0.15, -0.1) is 0 Å². The normalized spacial score (nSPS) is 20.1. The fourth-order valence-electron chi connectivity index (χ4n) is 2.30. The topological polar surface area (TPSA) is 15.3 Å². The van der Waals surface area contributed by atoms with E-state index >= 15 is 0 Å². The number of hydrogen-bond acceptors (Lipinski definition) is 3. The molecular formula is C15H23ClN2S. The summed E-state index contributed by atoms with van der Waals surface area (Å²) in [5, 5.41) is 4.30. The van der Waals surface area contributed by atoms with Gasteiger partial charge in [-0.1, -0.05) is 31.5 Å². The summed E-state index contributed by atoms with van der Waals surface area (Å²) in [5.41, 5.74) is 2.43. The van der Waals surface area contributed by atoms with Crippen molar-refractivity contribution in [2.24, 2.45) is 0 Å². The first kappa shape index (κ1) is 15.0. The maximum absolute atomic E-state index is 6.47. The molecule has 2 rings (SSSR count). The molecule has 1 fully saturated rings. The fraction of sp³-hybridized carbons (Fsp3) is 0.600. The van der Waals surface area contributed by atoms with Gasteiger partial charge in [0.25, 0.3) is 0 Å². The molecule has 1 aliphatic rings. The van der Waals surface area contributed by atoms with Crippen molar-refractivity contribution in [3.8, 4) is 0 Å². The quantitative estimate of drug-likeness (QED) is 0.911. The first-order valence-corrected chi connectivity index (χ1v) is 8.47. The van der Waals surface area contributed by atoms with Gasteiger partial charge in [-0.3, -0.25) is 0 Å². The summed E-state index contributed by atoms with van der Waals surface area (Å²) in [6, 6.07) is 7.52. The molecule has 19 heavy (non-hydrogen) atoms. The third-order valence-electron chi connectivity index (χ3n) is 3.40. The zero-order valence-electron chi connectivity index (χ0n) is 11.9. The van der Waals surface area contributed by atoms with Crippen LogP contribution in [-0.4, -0.2) is 30.1 Å². The van der Waals surface area contributed by atoms with Crippen LogP contribution >= 0.6 is 23.4 Å². The summed E-state index contributed by atoms with van der Waals surface area (Å²) in [6.45, 7) is 8.56. The van der Waals surface area contributed by atoms with Crippen molar-refractivity contribution >= 4 is 29.1 Å². The summed E-state index contributed by atoms with van der Waals surface area (Å²) in [5.74, 6) is 2.38. The third kappa shape index (κ3) is 4.04. The van der Waals surface area contributed by atoms with Gasteiger partial charge in [0, 0.05) is 36.7 Å². The van der Waals surface area contributed by atoms with E-state index in [9.17, 15) is 0 Å². The number of nitrogens with zero attached hydrogens (tertiary/aromatic N) is 1. The van der Waals surface area contributed by atoms with Crippen molar-refractivity contribution in [1.82, 2.24) is 5.32 Å². The minimum Gasteiger partial charge on any atom is -0.366 e. The van der Waals surface area contributed by atoms with E-state index in [-0.39, 0.29) is 0 Å². The van der Waals surface area contributed by atoms with Crippen molar-refractivity contribution in [2.45, 2.75) is 39.4 Å². The van der Waals surface area contributed by atoms with Gasteiger partial charge in [-0.05, 0) is 24.6 Å². The molecule has 1 aliphatic heterocycles. The summed E-state index contributed by atoms with van der Waals surface area (Å²) < 4.78 is 0. The average Bonchev–Trinajstić information content (AvgIpc) is 2.38. The Bertz CT molecular complexity index is 423. The molecule has 106 valence electrons. The Morgan fingerprint density at radius 1 is 1.47 bits per heavy atom. The van der Waals surface area contributed by atoms with Crippen LogP contribution in [0.1, 0.15) is 26.3 Å². The van der Waals surface area contributed by atoms with Crippen LogP contribution in [0.5, 0.6) is 0 Å². The molecule has 1 aromatic carbocycles. The zero-order valence-corrected chi connectivity index (χ0v) is 13.5. The van der Waals surface area contributed by atoms with Gasteiger partial charge >= 0.3 is 0 Å². The minimum atomic E-state index is 0.498. The molecule has 0 amide bonds. The summed E-state index contributed by atoms with van der Waals surface area (Å²) in [4.78, 5) is 2.43. The van der Waals surface area contributed by atoms with E-state index in [4.69, 9.17) is 11.6 Å². The van der Waals surface area contributed by atoms with Gasteiger partial charge < -0.3 is 10.2 Å². The second-order valence-electron chi connectivity index (χ2n) is 5.44. The molecule has 1 N–H and O–H groups in total. The maximum atomic E-state index is 6.47. The van der Waals surface area contributed by atoms with Crippen LogP contribution in [0.2, 0.25) is 5.02 Å². The Kier molecular flexibility index (Phi) is 5.43. The van der Waals surface area contributed by atoms with E-state index < -0.39 is 0 Å². The van der Waals surface area contributed by atoms with E-state index in [1.165, 1.54) is 22.8 Å². The Labute approximate surface area is 125 Å². The predicted molar refractivity (Wildman–Crippen MR) is 87.6 cm³/mol. The predicted octanol–water partition coefficient (Wildman–Crippen LogP) is 3.78. The van der Waals surface area contributed by atoms with Crippen LogP contribution < -0.4 is 10.2 Å². The molecule has 1 atom stereocenters. The van der Waals surface area contributed by atoms with Crippen molar-refractivity contribution in [3.63, 3.8) is 0 Å². The van der Waals surface area contributed by atoms with E-state index in [1.54, 1.807) is 0 Å². The van der Waals surface area contributed by atoms with Crippen LogP contribution in [0, 0.1) is 0 Å². The molecule has 1 heterocycles. The van der Waals surface area contributed by atoms with Crippen LogP contribution in [0.3, 0.4) is 0 Å². The van der Waals surface area contributed by atoms with Crippen LogP contribution in [0.4, 0.5) is 5.69 Å². The molecule has 0 saturated carbocycles. The standard InChI is InChI=1S/C15H23ClN2S/c1-11(2)17-9-13-4-5-15(14(16)8-13)18-6-7-19-10-12(18)3/h4-5,8,11-12,17H,6-7,9-10H2,1-3H3. The molecule has 0 aromatic heterocycles. The van der Waals surface area contributed by atoms with Crippen molar-refractivity contribution in [2.75, 3.05) is 23.0 Å². The number of anilines is 1. The van der Waals surface area contributed by atoms with Crippen LogP contribution in [-0.2, 0) is 6.54 Å². The van der Waals surface area contributed by atoms with Crippen LogP contribution in [0.15, 0.2) is 18.2 Å². The first-order valence-electron chi connectivity index (χ1n) is 6.94. The highest BCUT2D eigenvalue weighted by Crippen LogP contribution is 2.31. The fourth-order valence-corrected chi connectivity index (χ4v) is 3.63. The van der Waals surface area contributed by atoms with E-state index in [0.717, 1.165) is 18.1 Å². The van der Waals surface area contributed by atoms with Gasteiger partial charge in [-0.25, -0.2) is 0 Å². The van der Waals surface area contributed by atoms with Crippen molar-refractivity contribution in [3.05, 3.63) is 28.8 Å². The summed E-state index contributed by atoms with van der Waals surface area (Å²) in [6.07, 6.45) is 0. The smallest absolute Gasteiger partial charge is 0.0642 e. The molecule has 1 unspecified atom stereocenters. The van der Waals surface area contributed by atoms with Gasteiger partial charge in [0.2, 0.25) is 0 Å². The maximum Gasteiger partial charge on any atom is 0.0642 e. The number of nitrogens with one attached hydrogen (secondary N) is 1. The monoisotopic (exact) mass is 298 g/mol. The van der Waals surface area contributed by atoms with Gasteiger partial charge in [0.05, 0.1) is 10.7 Å². The Morgan fingerprint density at radius 3 is 2.89 bits per heavy atom. The Balaban J connectivity index is 2.10. The molecule has 4 heteroatoms. The highest BCUT2D eigenvalue weighted by Gasteiger charge is 2.20. The SMILES string of the molecule is CC(C)NCc1ccc(N2CCSCC2C)c(Cl)c1. The summed E-state index contributed by atoms with van der Waals surface area (Å²) >= 11 is 8.49. The Hall–Kier alpha value is -0.380. The molecule has 0 aliphatic carbocycles. The van der Waals surface area contributed by atoms with Gasteiger partial charge in [-0.2, -0.15) is 11.8 Å². The largest absolute Gasteiger partial charge is 0.366 e. The lowest BCUT2D eigenvalue weighted by Gasteiger charge is -2.35. The molecular weight excluding hydrogens is 276 g/mol. The number of hydrogen-bond donors (Lipinski definition) is 1. The lowest BCUT2D eigenvalue weighted by molar-refractivity contribution is 0.589. The molecule has 2 nitrogen and oxygen atoms in total. The number of rotatable bonds is 4. The highest BCUT2D eigenvalue weighted by molar-refractivity contribution is 7.99. The first-order chi connectivity index (χ1) is 9.08. The lowest BCUT2D eigenvalue weighted by atomic mass is 10.1. The second kappa shape index (κ2) is 6.87. The second-order valence-corrected chi connectivity index (χ2v) is 7.00. The van der Waals surface area contributed by atoms with Crippen LogP contribution in [0.25, 0.3) is 0 Å². The number of benzene rings is 1. The molecule has 0 bridgehead atoms. The summed E-state index contributed by atoms with van der Waals surface area (Å²) in [7, 11) is 0. The van der Waals surface area contributed by atoms with Crippen molar-refractivity contribution < 1.29 is 0 Å². The number of halogens is 1. The van der Waals surface area contributed by atoms with Crippen molar-refractivity contribution in [1.29, 1.82) is 0 Å². The minimum absolute atomic E-state index is 0.498. The van der Waals surface area contributed by atoms with Gasteiger partial charge in [0.15, 0.2) is 0 Å². The average molecular weight is 299 g/mol. The van der Waals surface area contributed by atoms with Gasteiger partial charge in [0.1, 0.15) is 0 Å². The third-order valence-corrected chi connectivity index (χ3v) is 4.90. The van der Waals surface area contributed by atoms with E-state index in [2.05, 4.69) is 49.2 Å². The highest BCUT2D eigenvalue weighted by atomic mass is 35.5. The van der Waals surface area contributed by atoms with E-state index in [1.807, 2.05) is 11.8 Å². The molecule has 0 spiro atoms. The van der Waals surface area contributed by atoms with E-state index in [0.29, 0.717) is 12.1 Å². The molecule has 1 saturated heterocycles. The zero-order chi connectivity index (χ0) is 13.8. The number of thioether (sulfide) groups is 1. The Morgan fingerprint density at radius 2 is 2.26 bits per heavy atom. The molecule has 1 aromatic rings. The molecule has 0 radical (unpaired) electrons.